The number of nitrogens with zero attached hydrogens (tertiary/aromatic N) is 2. The average Bonchev–Trinajstić information content (AvgIpc) is 3.39. The van der Waals surface area contributed by atoms with Crippen LogP contribution in [0.1, 0.15) is 28.4 Å². The van der Waals surface area contributed by atoms with E-state index in [1.54, 1.807) is 6.07 Å². The average molecular weight is 361 g/mol. The molecule has 0 aliphatic carbocycles. The van der Waals surface area contributed by atoms with E-state index in [9.17, 15) is 4.79 Å². The second-order valence-electron chi connectivity index (χ2n) is 6.90. The molecule has 1 fully saturated rings. The van der Waals surface area contributed by atoms with Crippen molar-refractivity contribution in [1.82, 2.24) is 15.4 Å². The van der Waals surface area contributed by atoms with Gasteiger partial charge in [0.05, 0.1) is 0 Å². The van der Waals surface area contributed by atoms with Crippen LogP contribution in [0, 0.1) is 0 Å². The maximum atomic E-state index is 12.3. The largest absolute Gasteiger partial charge is 0.355 e. The van der Waals surface area contributed by atoms with Crippen molar-refractivity contribution in [3.63, 3.8) is 0 Å². The zero-order chi connectivity index (χ0) is 18.5. The fourth-order valence-electron chi connectivity index (χ4n) is 3.57. The molecule has 0 saturated carbocycles. The number of aromatic nitrogens is 1. The van der Waals surface area contributed by atoms with Gasteiger partial charge in [0.15, 0.2) is 11.5 Å². The number of likely N-dealkylation sites (tertiary alicyclic amines) is 1. The molecule has 1 aromatic heterocycles. The van der Waals surface area contributed by atoms with Gasteiger partial charge in [0.25, 0.3) is 5.91 Å². The van der Waals surface area contributed by atoms with E-state index < -0.39 is 0 Å². The molecule has 1 saturated heterocycles. The van der Waals surface area contributed by atoms with Crippen LogP contribution >= 0.6 is 0 Å². The van der Waals surface area contributed by atoms with Crippen LogP contribution in [0.5, 0.6) is 0 Å². The molecular formula is C22H23N3O2. The SMILES string of the molecule is O=C(NCCN1CC[C@H](c2ccccc2)C1)c1cc(-c2ccccc2)on1. The Kier molecular flexibility index (Phi) is 5.30. The minimum Gasteiger partial charge on any atom is -0.355 e. The molecule has 2 heterocycles. The van der Waals surface area contributed by atoms with E-state index in [0.717, 1.165) is 25.2 Å². The summed E-state index contributed by atoms with van der Waals surface area (Å²) < 4.78 is 5.29. The Hall–Kier alpha value is -2.92. The highest BCUT2D eigenvalue weighted by Crippen LogP contribution is 2.26. The second kappa shape index (κ2) is 8.18. The lowest BCUT2D eigenvalue weighted by atomic mass is 9.99. The molecule has 5 heteroatoms. The summed E-state index contributed by atoms with van der Waals surface area (Å²) in [6.45, 7) is 3.56. The molecule has 1 N–H and O–H groups in total. The highest BCUT2D eigenvalue weighted by atomic mass is 16.5. The van der Waals surface area contributed by atoms with Crippen molar-refractivity contribution in [2.24, 2.45) is 0 Å². The number of amides is 1. The van der Waals surface area contributed by atoms with Gasteiger partial charge in [-0.1, -0.05) is 65.8 Å². The number of carbonyl (C=O) groups excluding carboxylic acids is 1. The second-order valence-corrected chi connectivity index (χ2v) is 6.90. The molecule has 3 aromatic rings. The summed E-state index contributed by atoms with van der Waals surface area (Å²) in [5, 5.41) is 6.84. The molecule has 1 amide bonds. The van der Waals surface area contributed by atoms with E-state index in [2.05, 4.69) is 45.7 Å². The predicted octanol–water partition coefficient (Wildman–Crippen LogP) is 3.56. The number of hydrogen-bond donors (Lipinski definition) is 1. The first-order chi connectivity index (χ1) is 13.3. The first kappa shape index (κ1) is 17.5. The van der Waals surface area contributed by atoms with Crippen molar-refractivity contribution in [2.75, 3.05) is 26.2 Å². The van der Waals surface area contributed by atoms with Crippen LogP contribution in [0.3, 0.4) is 0 Å². The van der Waals surface area contributed by atoms with Gasteiger partial charge in [-0.05, 0) is 24.4 Å². The number of hydrogen-bond acceptors (Lipinski definition) is 4. The summed E-state index contributed by atoms with van der Waals surface area (Å²) in [4.78, 5) is 14.7. The minimum absolute atomic E-state index is 0.195. The fourth-order valence-corrected chi connectivity index (χ4v) is 3.57. The smallest absolute Gasteiger partial charge is 0.273 e. The summed E-state index contributed by atoms with van der Waals surface area (Å²) in [7, 11) is 0. The molecule has 2 aromatic carbocycles. The lowest BCUT2D eigenvalue weighted by Gasteiger charge is -2.16. The normalized spacial score (nSPS) is 17.1. The van der Waals surface area contributed by atoms with Crippen LogP contribution in [0.4, 0.5) is 0 Å². The van der Waals surface area contributed by atoms with Crippen molar-refractivity contribution < 1.29 is 9.32 Å². The highest BCUT2D eigenvalue weighted by Gasteiger charge is 2.23. The van der Waals surface area contributed by atoms with E-state index in [-0.39, 0.29) is 5.91 Å². The monoisotopic (exact) mass is 361 g/mol. The maximum Gasteiger partial charge on any atom is 0.273 e. The van der Waals surface area contributed by atoms with E-state index in [4.69, 9.17) is 4.52 Å². The molecule has 1 aliphatic rings. The van der Waals surface area contributed by atoms with Gasteiger partial charge in [0, 0.05) is 31.3 Å². The Labute approximate surface area is 159 Å². The molecule has 0 radical (unpaired) electrons. The first-order valence-corrected chi connectivity index (χ1v) is 9.37. The molecule has 5 nitrogen and oxygen atoms in total. The summed E-state index contributed by atoms with van der Waals surface area (Å²) in [5.74, 6) is 0.997. The van der Waals surface area contributed by atoms with Crippen molar-refractivity contribution in [1.29, 1.82) is 0 Å². The van der Waals surface area contributed by atoms with Crippen LogP contribution in [0.15, 0.2) is 71.3 Å². The van der Waals surface area contributed by atoms with Crippen LogP contribution in [0.2, 0.25) is 0 Å². The number of rotatable bonds is 6. The molecule has 138 valence electrons. The minimum atomic E-state index is -0.195. The Morgan fingerprint density at radius 3 is 2.63 bits per heavy atom. The Morgan fingerprint density at radius 1 is 1.11 bits per heavy atom. The zero-order valence-electron chi connectivity index (χ0n) is 15.2. The molecule has 4 rings (SSSR count). The van der Waals surface area contributed by atoms with E-state index in [1.807, 2.05) is 30.3 Å². The zero-order valence-corrected chi connectivity index (χ0v) is 15.2. The topological polar surface area (TPSA) is 58.4 Å². The third kappa shape index (κ3) is 4.26. The van der Waals surface area contributed by atoms with Gasteiger partial charge in [0.2, 0.25) is 0 Å². The van der Waals surface area contributed by atoms with E-state index in [0.29, 0.717) is 23.9 Å². The molecule has 0 spiro atoms. The number of benzene rings is 2. The molecule has 27 heavy (non-hydrogen) atoms. The van der Waals surface area contributed by atoms with Crippen LogP contribution in [-0.2, 0) is 0 Å². The summed E-state index contributed by atoms with van der Waals surface area (Å²) in [6.07, 6.45) is 1.17. The maximum absolute atomic E-state index is 12.3. The fraction of sp³-hybridized carbons (Fsp3) is 0.273. The summed E-state index contributed by atoms with van der Waals surface area (Å²) in [5.41, 5.74) is 2.63. The van der Waals surface area contributed by atoms with Gasteiger partial charge < -0.3 is 14.7 Å². The molecular weight excluding hydrogens is 338 g/mol. The van der Waals surface area contributed by atoms with Crippen molar-refractivity contribution in [3.05, 3.63) is 78.0 Å². The number of nitrogens with one attached hydrogen (secondary N) is 1. The third-order valence-corrected chi connectivity index (χ3v) is 5.06. The van der Waals surface area contributed by atoms with Gasteiger partial charge in [-0.2, -0.15) is 0 Å². The molecule has 0 unspecified atom stereocenters. The molecule has 1 atom stereocenters. The van der Waals surface area contributed by atoms with Crippen molar-refractivity contribution >= 4 is 5.91 Å². The van der Waals surface area contributed by atoms with Gasteiger partial charge >= 0.3 is 0 Å². The summed E-state index contributed by atoms with van der Waals surface area (Å²) >= 11 is 0. The Bertz CT molecular complexity index is 877. The van der Waals surface area contributed by atoms with Crippen LogP contribution in [0.25, 0.3) is 11.3 Å². The predicted molar refractivity (Wildman–Crippen MR) is 105 cm³/mol. The lowest BCUT2D eigenvalue weighted by Crippen LogP contribution is -2.33. The molecule has 0 bridgehead atoms. The lowest BCUT2D eigenvalue weighted by molar-refractivity contribution is 0.0940. The van der Waals surface area contributed by atoms with Gasteiger partial charge in [-0.15, -0.1) is 0 Å². The Morgan fingerprint density at radius 2 is 1.85 bits per heavy atom. The van der Waals surface area contributed by atoms with Gasteiger partial charge in [0.1, 0.15) is 0 Å². The van der Waals surface area contributed by atoms with Crippen molar-refractivity contribution in [2.45, 2.75) is 12.3 Å². The van der Waals surface area contributed by atoms with E-state index >= 15 is 0 Å². The quantitative estimate of drug-likeness (QED) is 0.729. The standard InChI is InChI=1S/C22H23N3O2/c26-22(20-15-21(27-24-20)18-9-5-2-6-10-18)23-12-14-25-13-11-19(16-25)17-7-3-1-4-8-17/h1-10,15,19H,11-14,16H2,(H,23,26)/t19-/m0/s1. The third-order valence-electron chi connectivity index (χ3n) is 5.06. The number of carbonyl (C=O) groups is 1. The van der Waals surface area contributed by atoms with Gasteiger partial charge in [-0.25, -0.2) is 0 Å². The summed E-state index contributed by atoms with van der Waals surface area (Å²) in [6, 6.07) is 22.0. The highest BCUT2D eigenvalue weighted by molar-refractivity contribution is 5.93. The van der Waals surface area contributed by atoms with Gasteiger partial charge in [-0.3, -0.25) is 4.79 Å². The Balaban J connectivity index is 1.25. The first-order valence-electron chi connectivity index (χ1n) is 9.37. The van der Waals surface area contributed by atoms with Crippen LogP contribution in [-0.4, -0.2) is 42.1 Å². The van der Waals surface area contributed by atoms with E-state index in [1.165, 1.54) is 12.0 Å². The van der Waals surface area contributed by atoms with Crippen LogP contribution < -0.4 is 5.32 Å². The van der Waals surface area contributed by atoms with Crippen molar-refractivity contribution in [3.8, 4) is 11.3 Å². The molecule has 1 aliphatic heterocycles.